The van der Waals surface area contributed by atoms with Gasteiger partial charge >= 0.3 is 6.03 Å². The van der Waals surface area contributed by atoms with Crippen molar-refractivity contribution in [3.63, 3.8) is 0 Å². The minimum Gasteiger partial charge on any atom is -0.357 e. The Morgan fingerprint density at radius 2 is 1.81 bits per heavy atom. The van der Waals surface area contributed by atoms with Crippen LogP contribution in [0.25, 0.3) is 0 Å². The number of nitrogens with one attached hydrogen (secondary N) is 4. The number of halogens is 1. The van der Waals surface area contributed by atoms with Crippen molar-refractivity contribution in [1.82, 2.24) is 16.0 Å². The number of carbonyl (C=O) groups excluding carboxylic acids is 1. The molecule has 0 unspecified atom stereocenters. The number of rotatable bonds is 8. The van der Waals surface area contributed by atoms with E-state index in [0.717, 1.165) is 36.2 Å². The highest BCUT2D eigenvalue weighted by Gasteiger charge is 2.45. The molecule has 0 aromatic heterocycles. The Kier molecular flexibility index (Phi) is 7.50. The first-order valence-corrected chi connectivity index (χ1v) is 10.9. The highest BCUT2D eigenvalue weighted by molar-refractivity contribution is 5.89. The van der Waals surface area contributed by atoms with Gasteiger partial charge < -0.3 is 21.3 Å². The SMILES string of the molecule is CCNC(=NCc1ccc(NC(=O)NC(C)C)cc1)NCC1(c2ccccc2F)CC1. The van der Waals surface area contributed by atoms with Gasteiger partial charge in [0.05, 0.1) is 6.54 Å². The number of urea groups is 1. The van der Waals surface area contributed by atoms with Crippen LogP contribution in [0.3, 0.4) is 0 Å². The lowest BCUT2D eigenvalue weighted by Gasteiger charge is -2.19. The number of hydrogen-bond donors (Lipinski definition) is 4. The molecule has 1 aliphatic carbocycles. The van der Waals surface area contributed by atoms with E-state index in [-0.39, 0.29) is 23.3 Å². The average molecular weight is 426 g/mol. The van der Waals surface area contributed by atoms with Crippen molar-refractivity contribution in [2.45, 2.75) is 51.6 Å². The molecule has 0 atom stereocenters. The fourth-order valence-electron chi connectivity index (χ4n) is 3.47. The van der Waals surface area contributed by atoms with Crippen LogP contribution < -0.4 is 21.3 Å². The molecular formula is C24H32FN5O. The summed E-state index contributed by atoms with van der Waals surface area (Å²) in [4.78, 5) is 16.5. The Labute approximate surface area is 183 Å². The molecular weight excluding hydrogens is 393 g/mol. The molecule has 2 aromatic rings. The molecule has 0 radical (unpaired) electrons. The quantitative estimate of drug-likeness (QED) is 0.379. The summed E-state index contributed by atoms with van der Waals surface area (Å²) in [7, 11) is 0. The molecule has 6 nitrogen and oxygen atoms in total. The lowest BCUT2D eigenvalue weighted by molar-refractivity contribution is 0.250. The molecule has 2 aromatic carbocycles. The number of carbonyl (C=O) groups is 1. The van der Waals surface area contributed by atoms with E-state index in [1.54, 1.807) is 6.07 Å². The fourth-order valence-corrected chi connectivity index (χ4v) is 3.47. The molecule has 31 heavy (non-hydrogen) atoms. The average Bonchev–Trinajstić information content (AvgIpc) is 3.52. The lowest BCUT2D eigenvalue weighted by atomic mass is 9.95. The third kappa shape index (κ3) is 6.44. The third-order valence-corrected chi connectivity index (χ3v) is 5.29. The van der Waals surface area contributed by atoms with Crippen molar-refractivity contribution in [2.75, 3.05) is 18.4 Å². The molecule has 0 saturated heterocycles. The first-order valence-electron chi connectivity index (χ1n) is 10.9. The maximum absolute atomic E-state index is 14.2. The Morgan fingerprint density at radius 3 is 2.42 bits per heavy atom. The minimum atomic E-state index is -0.219. The summed E-state index contributed by atoms with van der Waals surface area (Å²) < 4.78 is 14.2. The van der Waals surface area contributed by atoms with Crippen molar-refractivity contribution in [3.8, 4) is 0 Å². The third-order valence-electron chi connectivity index (χ3n) is 5.29. The fraction of sp³-hybridized carbons (Fsp3) is 0.417. The molecule has 1 aliphatic rings. The standard InChI is InChI=1S/C24H32FN5O/c1-4-26-22(28-16-24(13-14-24)20-7-5-6-8-21(20)25)27-15-18-9-11-19(12-10-18)30-23(31)29-17(2)3/h5-12,17H,4,13-16H2,1-3H3,(H2,26,27,28)(H2,29,30,31). The van der Waals surface area contributed by atoms with E-state index < -0.39 is 0 Å². The summed E-state index contributed by atoms with van der Waals surface area (Å²) >= 11 is 0. The van der Waals surface area contributed by atoms with Gasteiger partial charge in [-0.2, -0.15) is 0 Å². The van der Waals surface area contributed by atoms with Gasteiger partial charge in [-0.1, -0.05) is 30.3 Å². The maximum atomic E-state index is 14.2. The molecule has 7 heteroatoms. The number of amides is 2. The summed E-state index contributed by atoms with van der Waals surface area (Å²) in [6.07, 6.45) is 1.94. The smallest absolute Gasteiger partial charge is 0.319 e. The first kappa shape index (κ1) is 22.6. The van der Waals surface area contributed by atoms with Crippen molar-refractivity contribution in [2.24, 2.45) is 4.99 Å². The van der Waals surface area contributed by atoms with E-state index in [9.17, 15) is 9.18 Å². The van der Waals surface area contributed by atoms with Crippen LogP contribution in [-0.4, -0.2) is 31.1 Å². The molecule has 0 heterocycles. The molecule has 0 bridgehead atoms. The van der Waals surface area contributed by atoms with Gasteiger partial charge in [0, 0.05) is 30.2 Å². The van der Waals surface area contributed by atoms with Crippen LogP contribution in [-0.2, 0) is 12.0 Å². The number of hydrogen-bond acceptors (Lipinski definition) is 2. The number of guanidine groups is 1. The second-order valence-corrected chi connectivity index (χ2v) is 8.26. The van der Waals surface area contributed by atoms with Crippen molar-refractivity contribution >= 4 is 17.7 Å². The Morgan fingerprint density at radius 1 is 1.10 bits per heavy atom. The molecule has 0 spiro atoms. The zero-order valence-electron chi connectivity index (χ0n) is 18.5. The van der Waals surface area contributed by atoms with E-state index in [4.69, 9.17) is 0 Å². The number of benzene rings is 2. The largest absolute Gasteiger partial charge is 0.357 e. The monoisotopic (exact) mass is 425 g/mol. The van der Waals surface area contributed by atoms with Crippen LogP contribution in [0.4, 0.5) is 14.9 Å². The topological polar surface area (TPSA) is 77.5 Å². The molecule has 166 valence electrons. The highest BCUT2D eigenvalue weighted by atomic mass is 19.1. The first-order chi connectivity index (χ1) is 14.9. The summed E-state index contributed by atoms with van der Waals surface area (Å²) in [5.74, 6) is 0.572. The van der Waals surface area contributed by atoms with Crippen LogP contribution in [0.1, 0.15) is 44.7 Å². The van der Waals surface area contributed by atoms with Gasteiger partial charge in [-0.25, -0.2) is 14.2 Å². The predicted molar refractivity (Wildman–Crippen MR) is 124 cm³/mol. The number of anilines is 1. The second-order valence-electron chi connectivity index (χ2n) is 8.26. The van der Waals surface area contributed by atoms with Gasteiger partial charge in [0.1, 0.15) is 5.82 Å². The van der Waals surface area contributed by atoms with E-state index >= 15 is 0 Å². The molecule has 1 saturated carbocycles. The molecule has 3 rings (SSSR count). The molecule has 1 fully saturated rings. The lowest BCUT2D eigenvalue weighted by Crippen LogP contribution is -2.41. The Balaban J connectivity index is 1.57. The Bertz CT molecular complexity index is 906. The van der Waals surface area contributed by atoms with Crippen LogP contribution in [0.5, 0.6) is 0 Å². The van der Waals surface area contributed by atoms with Gasteiger partial charge in [0.2, 0.25) is 0 Å². The molecule has 0 aliphatic heterocycles. The van der Waals surface area contributed by atoms with Crippen LogP contribution in [0.2, 0.25) is 0 Å². The Hall–Kier alpha value is -3.09. The molecule has 2 amide bonds. The van der Waals surface area contributed by atoms with E-state index in [1.165, 1.54) is 6.07 Å². The zero-order valence-corrected chi connectivity index (χ0v) is 18.5. The summed E-state index contributed by atoms with van der Waals surface area (Å²) in [6, 6.07) is 14.5. The summed E-state index contributed by atoms with van der Waals surface area (Å²) in [5, 5.41) is 12.2. The van der Waals surface area contributed by atoms with Gasteiger partial charge in [-0.05, 0) is 62.9 Å². The van der Waals surface area contributed by atoms with Gasteiger partial charge in [-0.3, -0.25) is 0 Å². The van der Waals surface area contributed by atoms with E-state index in [1.807, 2.05) is 57.2 Å². The minimum absolute atomic E-state index is 0.0822. The highest BCUT2D eigenvalue weighted by Crippen LogP contribution is 2.48. The molecule has 4 N–H and O–H groups in total. The van der Waals surface area contributed by atoms with Gasteiger partial charge in [0.15, 0.2) is 5.96 Å². The zero-order chi connectivity index (χ0) is 22.3. The number of nitrogens with zero attached hydrogens (tertiary/aromatic N) is 1. The van der Waals surface area contributed by atoms with Gasteiger partial charge in [-0.15, -0.1) is 0 Å². The van der Waals surface area contributed by atoms with E-state index in [2.05, 4.69) is 26.3 Å². The van der Waals surface area contributed by atoms with Crippen LogP contribution >= 0.6 is 0 Å². The summed E-state index contributed by atoms with van der Waals surface area (Å²) in [5.41, 5.74) is 2.40. The summed E-state index contributed by atoms with van der Waals surface area (Å²) in [6.45, 7) is 7.74. The van der Waals surface area contributed by atoms with Crippen LogP contribution in [0, 0.1) is 5.82 Å². The maximum Gasteiger partial charge on any atom is 0.319 e. The van der Waals surface area contributed by atoms with E-state index in [0.29, 0.717) is 19.0 Å². The van der Waals surface area contributed by atoms with Crippen molar-refractivity contribution in [3.05, 3.63) is 65.5 Å². The van der Waals surface area contributed by atoms with Gasteiger partial charge in [0.25, 0.3) is 0 Å². The van der Waals surface area contributed by atoms with Crippen molar-refractivity contribution in [1.29, 1.82) is 0 Å². The second kappa shape index (κ2) is 10.3. The number of aliphatic imine (C=N–C) groups is 1. The normalized spacial score (nSPS) is 14.8. The van der Waals surface area contributed by atoms with Crippen molar-refractivity contribution < 1.29 is 9.18 Å². The van der Waals surface area contributed by atoms with Crippen LogP contribution in [0.15, 0.2) is 53.5 Å². The predicted octanol–water partition coefficient (Wildman–Crippen LogP) is 4.14.